The molecule has 0 spiro atoms. The zero-order valence-corrected chi connectivity index (χ0v) is 9.58. The number of nitrogens with zero attached hydrogens (tertiary/aromatic N) is 2. The number of Topliss-reactive ketones (excluding diaryl/α,β-unsaturated/α-hetero) is 1. The number of carbonyl (C=O) groups excluding carboxylic acids is 1. The molecule has 0 unspecified atom stereocenters. The van der Waals surface area contributed by atoms with Crippen molar-refractivity contribution in [3.8, 4) is 6.07 Å². The lowest BCUT2D eigenvalue weighted by Crippen LogP contribution is -2.04. The van der Waals surface area contributed by atoms with Gasteiger partial charge in [-0.3, -0.25) is 10.2 Å². The highest BCUT2D eigenvalue weighted by Gasteiger charge is 2.01. The third kappa shape index (κ3) is 3.18. The van der Waals surface area contributed by atoms with Crippen LogP contribution < -0.4 is 5.43 Å². The van der Waals surface area contributed by atoms with E-state index < -0.39 is 0 Å². The Bertz CT molecular complexity index is 448. The van der Waals surface area contributed by atoms with Gasteiger partial charge in [0.15, 0.2) is 10.4 Å². The second kappa shape index (κ2) is 5.27. The van der Waals surface area contributed by atoms with Crippen molar-refractivity contribution in [3.63, 3.8) is 0 Å². The first-order valence-electron chi connectivity index (χ1n) is 4.14. The zero-order valence-electron chi connectivity index (χ0n) is 7.99. The van der Waals surface area contributed by atoms with Crippen LogP contribution in [0.5, 0.6) is 0 Å². The maximum absolute atomic E-state index is 10.8. The molecule has 1 rings (SSSR count). The number of ketones is 1. The lowest BCUT2D eigenvalue weighted by Gasteiger charge is -2.01. The van der Waals surface area contributed by atoms with Gasteiger partial charge in [-0.2, -0.15) is 10.4 Å². The summed E-state index contributed by atoms with van der Waals surface area (Å²) in [5, 5.41) is 12.6. The predicted octanol–water partition coefficient (Wildman–Crippen LogP) is 2.27. The summed E-state index contributed by atoms with van der Waals surface area (Å²) in [6.45, 7) is 1.39. The van der Waals surface area contributed by atoms with Gasteiger partial charge in [-0.15, -0.1) is 0 Å². The molecule has 76 valence electrons. The van der Waals surface area contributed by atoms with Gasteiger partial charge in [0.25, 0.3) is 0 Å². The number of para-hydroxylation sites is 1. The third-order valence-corrected chi connectivity index (χ3v) is 2.35. The first kappa shape index (κ1) is 11.4. The molecule has 1 N–H and O–H groups in total. The summed E-state index contributed by atoms with van der Waals surface area (Å²) >= 11 is 3.00. The van der Waals surface area contributed by atoms with Crippen LogP contribution in [-0.4, -0.2) is 10.4 Å². The second-order valence-electron chi connectivity index (χ2n) is 2.73. The number of nitriles is 1. The smallest absolute Gasteiger partial charge is 0.187 e. The van der Waals surface area contributed by atoms with E-state index >= 15 is 0 Å². The van der Waals surface area contributed by atoms with Crippen LogP contribution >= 0.6 is 15.9 Å². The van der Waals surface area contributed by atoms with Crippen LogP contribution in [0.3, 0.4) is 0 Å². The molecule has 0 atom stereocenters. The first-order valence-corrected chi connectivity index (χ1v) is 4.93. The number of anilines is 1. The monoisotopic (exact) mass is 265 g/mol. The molecule has 1 aromatic carbocycles. The van der Waals surface area contributed by atoms with E-state index in [0.29, 0.717) is 11.3 Å². The number of hydrogen-bond acceptors (Lipinski definition) is 4. The molecule has 0 aromatic heterocycles. The van der Waals surface area contributed by atoms with Gasteiger partial charge in [0, 0.05) is 6.92 Å². The molecule has 4 nitrogen and oxygen atoms in total. The van der Waals surface area contributed by atoms with Gasteiger partial charge in [-0.25, -0.2) is 0 Å². The summed E-state index contributed by atoms with van der Waals surface area (Å²) in [6, 6.07) is 8.93. The number of hydrazone groups is 1. The van der Waals surface area contributed by atoms with E-state index in [0.717, 1.165) is 0 Å². The van der Waals surface area contributed by atoms with Crippen LogP contribution in [-0.2, 0) is 4.79 Å². The number of halogens is 1. The van der Waals surface area contributed by atoms with Crippen molar-refractivity contribution >= 4 is 32.0 Å². The van der Waals surface area contributed by atoms with Crippen molar-refractivity contribution in [1.29, 1.82) is 5.26 Å². The Morgan fingerprint density at radius 1 is 1.53 bits per heavy atom. The van der Waals surface area contributed by atoms with Gasteiger partial charge in [0.05, 0.1) is 11.3 Å². The topological polar surface area (TPSA) is 65.2 Å². The molecule has 5 heteroatoms. The lowest BCUT2D eigenvalue weighted by atomic mass is 10.2. The highest BCUT2D eigenvalue weighted by Crippen LogP contribution is 2.13. The third-order valence-electron chi connectivity index (χ3n) is 1.61. The first-order chi connectivity index (χ1) is 7.15. The summed E-state index contributed by atoms with van der Waals surface area (Å²) in [6.07, 6.45) is 0. The van der Waals surface area contributed by atoms with Crippen molar-refractivity contribution in [2.45, 2.75) is 6.92 Å². The maximum atomic E-state index is 10.8. The van der Waals surface area contributed by atoms with Gasteiger partial charge in [0.2, 0.25) is 0 Å². The molecular formula is C10H8BrN3O. The molecule has 0 aliphatic carbocycles. The largest absolute Gasteiger partial charge is 0.292 e. The van der Waals surface area contributed by atoms with Crippen LogP contribution in [0.15, 0.2) is 29.4 Å². The van der Waals surface area contributed by atoms with Crippen molar-refractivity contribution in [2.75, 3.05) is 5.43 Å². The number of nitrogens with one attached hydrogen (secondary N) is 1. The molecule has 0 saturated carbocycles. The van der Waals surface area contributed by atoms with E-state index in [1.807, 2.05) is 6.07 Å². The number of benzene rings is 1. The molecule has 0 saturated heterocycles. The van der Waals surface area contributed by atoms with E-state index in [1.165, 1.54) is 6.92 Å². The Morgan fingerprint density at radius 2 is 2.20 bits per heavy atom. The second-order valence-corrected chi connectivity index (χ2v) is 3.48. The summed E-state index contributed by atoms with van der Waals surface area (Å²) < 4.78 is 0.190. The summed E-state index contributed by atoms with van der Waals surface area (Å²) in [7, 11) is 0. The molecule has 0 bridgehead atoms. The zero-order chi connectivity index (χ0) is 11.3. The van der Waals surface area contributed by atoms with E-state index in [1.54, 1.807) is 24.3 Å². The molecule has 0 aliphatic heterocycles. The minimum Gasteiger partial charge on any atom is -0.292 e. The van der Waals surface area contributed by atoms with E-state index in [4.69, 9.17) is 5.26 Å². The van der Waals surface area contributed by atoms with E-state index in [2.05, 4.69) is 26.5 Å². The fraction of sp³-hybridized carbons (Fsp3) is 0.100. The number of rotatable bonds is 3. The minimum absolute atomic E-state index is 0.183. The average Bonchev–Trinajstić information content (AvgIpc) is 2.26. The molecule has 0 aliphatic rings. The number of carbonyl (C=O) groups is 1. The molecule has 0 radical (unpaired) electrons. The number of hydrogen-bond donors (Lipinski definition) is 1. The van der Waals surface area contributed by atoms with Crippen LogP contribution in [0, 0.1) is 11.3 Å². The van der Waals surface area contributed by atoms with E-state index in [9.17, 15) is 4.79 Å². The fourth-order valence-corrected chi connectivity index (χ4v) is 0.955. The standard InChI is InChI=1S/C10H8BrN3O/c1-7(15)10(11)14-13-9-5-3-2-4-8(9)6-12/h2-5,13H,1H3/b14-10+. The highest BCUT2D eigenvalue weighted by molar-refractivity contribution is 9.19. The van der Waals surface area contributed by atoms with Gasteiger partial charge in [-0.1, -0.05) is 12.1 Å². The van der Waals surface area contributed by atoms with Crippen molar-refractivity contribution in [2.24, 2.45) is 5.10 Å². The average molecular weight is 266 g/mol. The Labute approximate surface area is 95.7 Å². The molecule has 0 fully saturated rings. The van der Waals surface area contributed by atoms with Gasteiger partial charge in [-0.05, 0) is 28.1 Å². The Morgan fingerprint density at radius 3 is 2.80 bits per heavy atom. The van der Waals surface area contributed by atoms with Crippen molar-refractivity contribution in [1.82, 2.24) is 0 Å². The Kier molecular flexibility index (Phi) is 4.01. The SMILES string of the molecule is CC(=O)/C(Br)=N\Nc1ccccc1C#N. The van der Waals surface area contributed by atoms with Crippen LogP contribution in [0.2, 0.25) is 0 Å². The quantitative estimate of drug-likeness (QED) is 0.674. The maximum Gasteiger partial charge on any atom is 0.187 e. The lowest BCUT2D eigenvalue weighted by molar-refractivity contribution is -0.110. The van der Waals surface area contributed by atoms with Gasteiger partial charge >= 0.3 is 0 Å². The summed E-state index contributed by atoms with van der Waals surface area (Å²) in [5.74, 6) is -0.183. The van der Waals surface area contributed by atoms with Crippen LogP contribution in [0.25, 0.3) is 0 Å². The minimum atomic E-state index is -0.183. The fourth-order valence-electron chi connectivity index (χ4n) is 0.866. The van der Waals surface area contributed by atoms with Crippen molar-refractivity contribution in [3.05, 3.63) is 29.8 Å². The van der Waals surface area contributed by atoms with Gasteiger partial charge < -0.3 is 0 Å². The molecule has 1 aromatic rings. The molecule has 0 amide bonds. The highest BCUT2D eigenvalue weighted by atomic mass is 79.9. The van der Waals surface area contributed by atoms with Crippen molar-refractivity contribution < 1.29 is 4.79 Å². The summed E-state index contributed by atoms with van der Waals surface area (Å²) in [5.41, 5.74) is 3.69. The predicted molar refractivity (Wildman–Crippen MR) is 61.8 cm³/mol. The summed E-state index contributed by atoms with van der Waals surface area (Å²) in [4.78, 5) is 10.8. The van der Waals surface area contributed by atoms with Crippen LogP contribution in [0.1, 0.15) is 12.5 Å². The molecule has 15 heavy (non-hydrogen) atoms. The van der Waals surface area contributed by atoms with E-state index in [-0.39, 0.29) is 10.4 Å². The molecule has 0 heterocycles. The van der Waals surface area contributed by atoms with Gasteiger partial charge in [0.1, 0.15) is 6.07 Å². The normalized spacial score (nSPS) is 10.6. The van der Waals surface area contributed by atoms with Crippen LogP contribution in [0.4, 0.5) is 5.69 Å². The Hall–Kier alpha value is -1.67. The molecular weight excluding hydrogens is 258 g/mol. The Balaban J connectivity index is 2.87.